The zero-order valence-electron chi connectivity index (χ0n) is 50.5. The average Bonchev–Trinajstić information content (AvgIpc) is 0.943. The third-order valence-electron chi connectivity index (χ3n) is 19.0. The SMILES string of the molecule is c1ccc(-c2nc(-c3ccc(-c4ccc5c(c4)C4c6ccccc6C5c5cc(-c6ccc(-c7nc(-c8ccccc8)nc(-c8cccc(-c9cccc%10oc%11ccccc%11c9%10)c8)n7)cc6)ccc54)cc3)nc(-c3cccc(-c4cccc5oc6ccccc6c45)c3)n2)cc1. The molecule has 2 unspecified atom stereocenters. The number of hydrogen-bond donors (Lipinski definition) is 0. The van der Waals surface area contributed by atoms with Crippen LogP contribution in [0.3, 0.4) is 0 Å². The third-order valence-corrected chi connectivity index (χ3v) is 19.0. The second-order valence-electron chi connectivity index (χ2n) is 24.4. The molecule has 0 radical (unpaired) electrons. The molecule has 17 aromatic rings. The Morgan fingerprint density at radius 2 is 0.489 bits per heavy atom. The number of benzene rings is 13. The van der Waals surface area contributed by atoms with E-state index in [1.54, 1.807) is 0 Å². The number of nitrogens with zero attached hydrogens (tertiary/aromatic N) is 6. The van der Waals surface area contributed by atoms with Crippen molar-refractivity contribution in [2.75, 3.05) is 0 Å². The first-order valence-corrected chi connectivity index (χ1v) is 31.8. The van der Waals surface area contributed by atoms with Gasteiger partial charge in [0.2, 0.25) is 0 Å². The van der Waals surface area contributed by atoms with Crippen molar-refractivity contribution in [1.29, 1.82) is 0 Å². The summed E-state index contributed by atoms with van der Waals surface area (Å²) in [6, 6.07) is 107. The summed E-state index contributed by atoms with van der Waals surface area (Å²) in [7, 11) is 0. The van der Waals surface area contributed by atoms with Crippen LogP contribution in [-0.4, -0.2) is 29.9 Å². The number of aromatic nitrogens is 6. The number of fused-ring (bicyclic) bond motifs is 6. The fourth-order valence-electron chi connectivity index (χ4n) is 14.6. The largest absolute Gasteiger partial charge is 0.456 e. The first-order chi connectivity index (χ1) is 46.5. The van der Waals surface area contributed by atoms with E-state index < -0.39 is 0 Å². The summed E-state index contributed by atoms with van der Waals surface area (Å²) >= 11 is 0. The molecule has 3 aliphatic rings. The molecular formula is C86H52N6O2. The topological polar surface area (TPSA) is 104 Å². The van der Waals surface area contributed by atoms with Gasteiger partial charge in [-0.15, -0.1) is 0 Å². The highest BCUT2D eigenvalue weighted by Crippen LogP contribution is 2.57. The van der Waals surface area contributed by atoms with Crippen LogP contribution < -0.4 is 0 Å². The molecule has 0 saturated heterocycles. The van der Waals surface area contributed by atoms with Crippen LogP contribution in [0.25, 0.3) is 157 Å². The maximum atomic E-state index is 6.28. The molecule has 13 aromatic carbocycles. The molecule has 0 amide bonds. The van der Waals surface area contributed by atoms with Gasteiger partial charge in [0.1, 0.15) is 22.3 Å². The van der Waals surface area contributed by atoms with Crippen molar-refractivity contribution in [2.45, 2.75) is 11.8 Å². The molecule has 0 N–H and O–H groups in total. The van der Waals surface area contributed by atoms with E-state index in [2.05, 4.69) is 206 Å². The Kier molecular flexibility index (Phi) is 12.2. The van der Waals surface area contributed by atoms with Gasteiger partial charge in [0.15, 0.2) is 34.9 Å². The van der Waals surface area contributed by atoms with Gasteiger partial charge in [-0.25, -0.2) is 29.9 Å². The van der Waals surface area contributed by atoms with Crippen molar-refractivity contribution in [2.24, 2.45) is 0 Å². The molecule has 4 aromatic heterocycles. The Morgan fingerprint density at radius 1 is 0.191 bits per heavy atom. The van der Waals surface area contributed by atoms with E-state index >= 15 is 0 Å². The minimum Gasteiger partial charge on any atom is -0.456 e. The molecule has 0 aliphatic heterocycles. The highest BCUT2D eigenvalue weighted by molar-refractivity contribution is 6.13. The first kappa shape index (κ1) is 53.3. The molecule has 438 valence electrons. The van der Waals surface area contributed by atoms with E-state index in [-0.39, 0.29) is 11.8 Å². The molecule has 2 bridgehead atoms. The van der Waals surface area contributed by atoms with Crippen molar-refractivity contribution < 1.29 is 8.83 Å². The van der Waals surface area contributed by atoms with Gasteiger partial charge < -0.3 is 8.83 Å². The van der Waals surface area contributed by atoms with Crippen LogP contribution in [0.4, 0.5) is 0 Å². The van der Waals surface area contributed by atoms with Crippen LogP contribution in [0, 0.1) is 0 Å². The maximum Gasteiger partial charge on any atom is 0.164 e. The van der Waals surface area contributed by atoms with Crippen LogP contribution in [0.1, 0.15) is 45.2 Å². The zero-order chi connectivity index (χ0) is 61.8. The quantitative estimate of drug-likeness (QED) is 0.133. The lowest BCUT2D eigenvalue weighted by Gasteiger charge is -2.42. The summed E-state index contributed by atoms with van der Waals surface area (Å²) < 4.78 is 12.6. The van der Waals surface area contributed by atoms with E-state index in [1.165, 1.54) is 44.5 Å². The maximum absolute atomic E-state index is 6.28. The minimum absolute atomic E-state index is 0.0872. The van der Waals surface area contributed by atoms with Crippen LogP contribution in [0.2, 0.25) is 0 Å². The van der Waals surface area contributed by atoms with Crippen LogP contribution >= 0.6 is 0 Å². The molecule has 0 fully saturated rings. The van der Waals surface area contributed by atoms with Gasteiger partial charge in [-0.1, -0.05) is 255 Å². The molecule has 0 spiro atoms. The molecule has 0 saturated carbocycles. The van der Waals surface area contributed by atoms with Crippen LogP contribution in [0.5, 0.6) is 0 Å². The van der Waals surface area contributed by atoms with Gasteiger partial charge in [0.05, 0.1) is 0 Å². The summed E-state index contributed by atoms with van der Waals surface area (Å²) in [4.78, 5) is 30.9. The lowest BCUT2D eigenvalue weighted by atomic mass is 9.60. The van der Waals surface area contributed by atoms with Crippen molar-refractivity contribution in [3.8, 4) is 113 Å². The molecule has 3 aliphatic carbocycles. The second-order valence-corrected chi connectivity index (χ2v) is 24.4. The molecular weight excluding hydrogens is 1150 g/mol. The summed E-state index contributed by atoms with van der Waals surface area (Å²) in [5.74, 6) is 3.83. The Hall–Kier alpha value is -12.5. The smallest absolute Gasteiger partial charge is 0.164 e. The fourth-order valence-corrected chi connectivity index (χ4v) is 14.6. The van der Waals surface area contributed by atoms with Gasteiger partial charge in [0, 0.05) is 66.8 Å². The molecule has 2 atom stereocenters. The van der Waals surface area contributed by atoms with Crippen molar-refractivity contribution in [1.82, 2.24) is 29.9 Å². The van der Waals surface area contributed by atoms with Crippen LogP contribution in [0.15, 0.2) is 312 Å². The van der Waals surface area contributed by atoms with Gasteiger partial charge in [0.25, 0.3) is 0 Å². The van der Waals surface area contributed by atoms with Gasteiger partial charge in [-0.2, -0.15) is 0 Å². The zero-order valence-corrected chi connectivity index (χ0v) is 50.5. The van der Waals surface area contributed by atoms with Crippen molar-refractivity contribution in [3.63, 3.8) is 0 Å². The third kappa shape index (κ3) is 8.90. The number of furan rings is 2. The lowest BCUT2D eigenvalue weighted by molar-refractivity contribution is 0.668. The Balaban J connectivity index is 0.629. The van der Waals surface area contributed by atoms with E-state index in [9.17, 15) is 0 Å². The number of rotatable bonds is 10. The number of para-hydroxylation sites is 2. The molecule has 8 nitrogen and oxygen atoms in total. The van der Waals surface area contributed by atoms with E-state index in [0.29, 0.717) is 34.9 Å². The molecule has 4 heterocycles. The van der Waals surface area contributed by atoms with E-state index in [0.717, 1.165) is 111 Å². The molecule has 20 rings (SSSR count). The van der Waals surface area contributed by atoms with Gasteiger partial charge in [-0.3, -0.25) is 0 Å². The summed E-state index contributed by atoms with van der Waals surface area (Å²) in [6.45, 7) is 0. The average molecular weight is 1200 g/mol. The van der Waals surface area contributed by atoms with Crippen molar-refractivity contribution >= 4 is 43.9 Å². The highest BCUT2D eigenvalue weighted by atomic mass is 16.3. The number of hydrogen-bond acceptors (Lipinski definition) is 8. The normalized spacial score (nSPS) is 13.7. The Labute approximate surface area is 540 Å². The van der Waals surface area contributed by atoms with Gasteiger partial charge in [-0.05, 0) is 126 Å². The minimum atomic E-state index is 0.0872. The van der Waals surface area contributed by atoms with E-state index in [1.807, 2.05) is 97.1 Å². The Bertz CT molecular complexity index is 5520. The van der Waals surface area contributed by atoms with Crippen LogP contribution in [-0.2, 0) is 0 Å². The first-order valence-electron chi connectivity index (χ1n) is 31.8. The van der Waals surface area contributed by atoms with Crippen molar-refractivity contribution in [3.05, 3.63) is 337 Å². The lowest BCUT2D eigenvalue weighted by Crippen LogP contribution is -2.27. The predicted molar refractivity (Wildman–Crippen MR) is 377 cm³/mol. The van der Waals surface area contributed by atoms with E-state index in [4.69, 9.17) is 38.7 Å². The summed E-state index contributed by atoms with van der Waals surface area (Å²) in [5.41, 5.74) is 25.9. The molecule has 94 heavy (non-hydrogen) atoms. The summed E-state index contributed by atoms with van der Waals surface area (Å²) in [5, 5.41) is 4.35. The fraction of sp³-hybridized carbons (Fsp3) is 0.0233. The standard InChI is InChI=1S/C86H52N6O2/c1-3-17-53(18-4-1)81-87-83(91-85(89-81)61-23-13-21-59(47-61)63-29-15-33-75-79(63)69-27-9-11-31-73(69)93-75)55-39-35-51(36-40-55)57-43-45-67-71(49-57)77-65-25-7-8-26-66(65)78(67)72-50-58(44-46-68(72)77)52-37-41-56(42-38-52)84-88-82(54-19-5-2-6-20-54)90-86(92-84)62-24-14-22-60(48-62)64-30-16-34-76-80(64)70-28-10-12-32-74(70)94-76/h1-50,77-78H. The summed E-state index contributed by atoms with van der Waals surface area (Å²) in [6.07, 6.45) is 0. The predicted octanol–water partition coefficient (Wildman–Crippen LogP) is 21.5. The van der Waals surface area contributed by atoms with Gasteiger partial charge >= 0.3 is 0 Å². The molecule has 8 heteroatoms. The monoisotopic (exact) mass is 1200 g/mol. The highest BCUT2D eigenvalue weighted by Gasteiger charge is 2.41. The Morgan fingerprint density at radius 3 is 0.915 bits per heavy atom. The second kappa shape index (κ2) is 21.6.